The first-order chi connectivity index (χ1) is 12.9. The van der Waals surface area contributed by atoms with Gasteiger partial charge in [-0.15, -0.1) is 11.3 Å². The van der Waals surface area contributed by atoms with Crippen molar-refractivity contribution in [1.29, 1.82) is 0 Å². The number of nitrogens with zero attached hydrogens (tertiary/aromatic N) is 2. The summed E-state index contributed by atoms with van der Waals surface area (Å²) >= 11 is 1.46. The van der Waals surface area contributed by atoms with Gasteiger partial charge in [-0.25, -0.2) is 4.79 Å². The molecule has 1 aromatic heterocycles. The number of hydrogen-bond donors (Lipinski definition) is 1. The zero-order valence-corrected chi connectivity index (χ0v) is 17.4. The Kier molecular flexibility index (Phi) is 7.79. The van der Waals surface area contributed by atoms with E-state index in [1.165, 1.54) is 18.4 Å². The molecule has 0 radical (unpaired) electrons. The van der Waals surface area contributed by atoms with Crippen LogP contribution in [-0.2, 0) is 27.2 Å². The van der Waals surface area contributed by atoms with Gasteiger partial charge in [0.15, 0.2) is 0 Å². The molecule has 0 bridgehead atoms. The normalized spacial score (nSPS) is 13.2. The van der Waals surface area contributed by atoms with Crippen LogP contribution in [0.25, 0.3) is 0 Å². The third kappa shape index (κ3) is 5.29. The van der Waals surface area contributed by atoms with Crippen LogP contribution < -0.4 is 5.32 Å². The molecule has 2 amide bonds. The maximum atomic E-state index is 12.5. The number of esters is 1. The van der Waals surface area contributed by atoms with Gasteiger partial charge >= 0.3 is 5.97 Å². The predicted octanol–water partition coefficient (Wildman–Crippen LogP) is 2.15. The van der Waals surface area contributed by atoms with Crippen LogP contribution in [0.15, 0.2) is 0 Å². The second-order valence-electron chi connectivity index (χ2n) is 6.69. The number of likely N-dealkylation sites (N-methyl/N-ethyl adjacent to an activating group) is 2. The monoisotopic (exact) mass is 395 g/mol. The summed E-state index contributed by atoms with van der Waals surface area (Å²) in [7, 11) is 3.09. The van der Waals surface area contributed by atoms with Crippen molar-refractivity contribution < 1.29 is 19.1 Å². The highest BCUT2D eigenvalue weighted by Gasteiger charge is 2.27. The zero-order chi connectivity index (χ0) is 20.0. The molecule has 8 heteroatoms. The molecule has 2 rings (SSSR count). The van der Waals surface area contributed by atoms with E-state index in [-0.39, 0.29) is 24.9 Å². The lowest BCUT2D eigenvalue weighted by Crippen LogP contribution is -2.41. The number of ether oxygens (including phenoxy) is 1. The average molecular weight is 396 g/mol. The van der Waals surface area contributed by atoms with Crippen molar-refractivity contribution >= 4 is 34.1 Å². The van der Waals surface area contributed by atoms with E-state index in [0.717, 1.165) is 36.1 Å². The number of hydrogen-bond acceptors (Lipinski definition) is 6. The largest absolute Gasteiger partial charge is 0.465 e. The van der Waals surface area contributed by atoms with Crippen LogP contribution in [-0.4, -0.2) is 67.9 Å². The van der Waals surface area contributed by atoms with Crippen molar-refractivity contribution in [2.45, 2.75) is 39.5 Å². The second-order valence-corrected chi connectivity index (χ2v) is 7.80. The van der Waals surface area contributed by atoms with Crippen molar-refractivity contribution in [1.82, 2.24) is 9.80 Å². The molecule has 0 saturated carbocycles. The summed E-state index contributed by atoms with van der Waals surface area (Å²) in [4.78, 5) is 41.4. The SMILES string of the molecule is CCN(CC)C(=O)CN(C)CC(=O)Nc1sc2c(c1C(=O)OC)CCCC2. The number of anilines is 1. The van der Waals surface area contributed by atoms with Gasteiger partial charge in [-0.05, 0) is 52.1 Å². The van der Waals surface area contributed by atoms with Gasteiger partial charge in [-0.2, -0.15) is 0 Å². The van der Waals surface area contributed by atoms with Crippen LogP contribution in [0.1, 0.15) is 47.5 Å². The molecule has 1 aromatic rings. The molecule has 1 aliphatic rings. The van der Waals surface area contributed by atoms with Crippen molar-refractivity contribution in [3.63, 3.8) is 0 Å². The Hall–Kier alpha value is -1.93. The van der Waals surface area contributed by atoms with Gasteiger partial charge in [0, 0.05) is 18.0 Å². The molecule has 27 heavy (non-hydrogen) atoms. The topological polar surface area (TPSA) is 79.0 Å². The number of carbonyl (C=O) groups is 3. The van der Waals surface area contributed by atoms with Crippen LogP contribution in [0.5, 0.6) is 0 Å². The molecule has 0 unspecified atom stereocenters. The van der Waals surface area contributed by atoms with Crippen molar-refractivity contribution in [2.24, 2.45) is 0 Å². The van der Waals surface area contributed by atoms with Crippen LogP contribution in [0.4, 0.5) is 5.00 Å². The number of carbonyl (C=O) groups excluding carboxylic acids is 3. The van der Waals surface area contributed by atoms with E-state index in [9.17, 15) is 14.4 Å². The van der Waals surface area contributed by atoms with Crippen LogP contribution in [0.2, 0.25) is 0 Å². The van der Waals surface area contributed by atoms with E-state index in [0.29, 0.717) is 23.7 Å². The first-order valence-electron chi connectivity index (χ1n) is 9.40. The first-order valence-corrected chi connectivity index (χ1v) is 10.2. The molecule has 0 fully saturated rings. The summed E-state index contributed by atoms with van der Waals surface area (Å²) in [6.45, 7) is 5.43. The number of aryl methyl sites for hydroxylation is 1. The highest BCUT2D eigenvalue weighted by atomic mass is 32.1. The van der Waals surface area contributed by atoms with Gasteiger partial charge in [-0.1, -0.05) is 0 Å². The molecule has 1 heterocycles. The van der Waals surface area contributed by atoms with Gasteiger partial charge in [-0.3, -0.25) is 14.5 Å². The van der Waals surface area contributed by atoms with Gasteiger partial charge < -0.3 is 15.0 Å². The minimum Gasteiger partial charge on any atom is -0.465 e. The molecule has 1 N–H and O–H groups in total. The lowest BCUT2D eigenvalue weighted by Gasteiger charge is -2.22. The van der Waals surface area contributed by atoms with E-state index in [1.54, 1.807) is 16.8 Å². The first kappa shape index (κ1) is 21.4. The van der Waals surface area contributed by atoms with Gasteiger partial charge in [0.25, 0.3) is 0 Å². The molecule has 0 aliphatic heterocycles. The maximum absolute atomic E-state index is 12.5. The average Bonchev–Trinajstić information content (AvgIpc) is 2.99. The minimum atomic E-state index is -0.408. The lowest BCUT2D eigenvalue weighted by atomic mass is 9.95. The number of methoxy groups -OCH3 is 1. The number of thiophene rings is 1. The zero-order valence-electron chi connectivity index (χ0n) is 16.6. The molecular weight excluding hydrogens is 366 g/mol. The fraction of sp³-hybridized carbons (Fsp3) is 0.632. The molecule has 7 nitrogen and oxygen atoms in total. The number of nitrogens with one attached hydrogen (secondary N) is 1. The van der Waals surface area contributed by atoms with Gasteiger partial charge in [0.05, 0.1) is 25.8 Å². The third-order valence-corrected chi connectivity index (χ3v) is 5.96. The number of fused-ring (bicyclic) bond motifs is 1. The van der Waals surface area contributed by atoms with Crippen LogP contribution in [0, 0.1) is 0 Å². The van der Waals surface area contributed by atoms with Crippen molar-refractivity contribution in [3.8, 4) is 0 Å². The Balaban J connectivity index is 2.04. The van der Waals surface area contributed by atoms with E-state index < -0.39 is 5.97 Å². The van der Waals surface area contributed by atoms with Gasteiger partial charge in [0.1, 0.15) is 5.00 Å². The van der Waals surface area contributed by atoms with E-state index >= 15 is 0 Å². The summed E-state index contributed by atoms with van der Waals surface area (Å²) in [5, 5.41) is 3.41. The summed E-state index contributed by atoms with van der Waals surface area (Å²) < 4.78 is 4.92. The summed E-state index contributed by atoms with van der Waals surface area (Å²) in [5.41, 5.74) is 1.51. The lowest BCUT2D eigenvalue weighted by molar-refractivity contribution is -0.132. The van der Waals surface area contributed by atoms with Crippen molar-refractivity contribution in [3.05, 3.63) is 16.0 Å². The Labute approximate surface area is 164 Å². The standard InChI is InChI=1S/C19H29N3O4S/c1-5-22(6-2)16(24)12-21(3)11-15(23)20-18-17(19(25)26-4)13-9-7-8-10-14(13)27-18/h5-12H2,1-4H3,(H,20,23). The van der Waals surface area contributed by atoms with E-state index in [1.807, 2.05) is 13.8 Å². The van der Waals surface area contributed by atoms with E-state index in [2.05, 4.69) is 5.32 Å². The molecule has 0 saturated heterocycles. The molecule has 0 aromatic carbocycles. The van der Waals surface area contributed by atoms with Crippen LogP contribution >= 0.6 is 11.3 Å². The molecule has 0 atom stereocenters. The van der Waals surface area contributed by atoms with Crippen LogP contribution in [0.3, 0.4) is 0 Å². The fourth-order valence-electron chi connectivity index (χ4n) is 3.35. The third-order valence-electron chi connectivity index (χ3n) is 4.75. The Morgan fingerprint density at radius 2 is 1.78 bits per heavy atom. The fourth-order valence-corrected chi connectivity index (χ4v) is 4.64. The molecule has 150 valence electrons. The summed E-state index contributed by atoms with van der Waals surface area (Å²) in [5.74, 6) is -0.652. The minimum absolute atomic E-state index is 0.00265. The highest BCUT2D eigenvalue weighted by molar-refractivity contribution is 7.17. The number of amides is 2. The maximum Gasteiger partial charge on any atom is 0.341 e. The smallest absolute Gasteiger partial charge is 0.341 e. The highest BCUT2D eigenvalue weighted by Crippen LogP contribution is 2.38. The van der Waals surface area contributed by atoms with Gasteiger partial charge in [0.2, 0.25) is 11.8 Å². The summed E-state index contributed by atoms with van der Waals surface area (Å²) in [6, 6.07) is 0. The Morgan fingerprint density at radius 3 is 2.41 bits per heavy atom. The van der Waals surface area contributed by atoms with Crippen molar-refractivity contribution in [2.75, 3.05) is 45.7 Å². The predicted molar refractivity (Wildman–Crippen MR) is 106 cm³/mol. The number of rotatable bonds is 8. The molecular formula is C19H29N3O4S. The molecule has 0 spiro atoms. The Morgan fingerprint density at radius 1 is 1.11 bits per heavy atom. The quantitative estimate of drug-likeness (QED) is 0.683. The molecule has 1 aliphatic carbocycles. The Bertz CT molecular complexity index is 697. The van der Waals surface area contributed by atoms with E-state index in [4.69, 9.17) is 4.74 Å². The second kappa shape index (κ2) is 9.85. The summed E-state index contributed by atoms with van der Waals surface area (Å²) in [6.07, 6.45) is 3.90.